The molecule has 0 aromatic carbocycles. The summed E-state index contributed by atoms with van der Waals surface area (Å²) in [5, 5.41) is 9.75. The van der Waals surface area contributed by atoms with E-state index < -0.39 is 0 Å². The zero-order valence-electron chi connectivity index (χ0n) is 6.74. The van der Waals surface area contributed by atoms with Crippen LogP contribution in [0.4, 0.5) is 0 Å². The van der Waals surface area contributed by atoms with Gasteiger partial charge in [-0.2, -0.15) is 0 Å². The average molecular weight is 198 g/mol. The highest BCUT2D eigenvalue weighted by Crippen LogP contribution is 2.26. The monoisotopic (exact) mass is 197 g/mol. The molecule has 0 fully saturated rings. The molecule has 3 N–H and O–H groups in total. The van der Waals surface area contributed by atoms with Crippen LogP contribution in [0.5, 0.6) is 5.75 Å². The number of halogens is 1. The second-order valence-electron chi connectivity index (χ2n) is 2.64. The van der Waals surface area contributed by atoms with Crippen LogP contribution in [0.3, 0.4) is 0 Å². The summed E-state index contributed by atoms with van der Waals surface area (Å²) in [4.78, 5) is 4.01. The Hall–Kier alpha value is -1.26. The van der Waals surface area contributed by atoms with Crippen molar-refractivity contribution in [1.29, 1.82) is 0 Å². The molecule has 0 radical (unpaired) electrons. The number of aromatic hydroxyl groups is 1. The molecule has 0 aliphatic rings. The Labute approximate surface area is 79.6 Å². The number of hydrogen-bond acceptors (Lipinski definition) is 3. The predicted molar refractivity (Wildman–Crippen MR) is 49.8 cm³/mol. The molecule has 0 aliphatic heterocycles. The Morgan fingerprint density at radius 1 is 1.62 bits per heavy atom. The van der Waals surface area contributed by atoms with Crippen molar-refractivity contribution in [3.05, 3.63) is 29.3 Å². The third-order valence-electron chi connectivity index (χ3n) is 1.86. The average Bonchev–Trinajstić information content (AvgIpc) is 2.44. The fourth-order valence-electron chi connectivity index (χ4n) is 1.28. The Morgan fingerprint density at radius 3 is 3.08 bits per heavy atom. The lowest BCUT2D eigenvalue weighted by Gasteiger charge is -1.98. The van der Waals surface area contributed by atoms with Crippen LogP contribution in [0, 0.1) is 0 Å². The van der Waals surface area contributed by atoms with Gasteiger partial charge in [0.2, 0.25) is 0 Å². The van der Waals surface area contributed by atoms with Crippen molar-refractivity contribution in [3.8, 4) is 5.75 Å². The normalized spacial score (nSPS) is 10.9. The number of aromatic nitrogens is 2. The van der Waals surface area contributed by atoms with Gasteiger partial charge in [0.25, 0.3) is 0 Å². The topological polar surface area (TPSA) is 63.5 Å². The van der Waals surface area contributed by atoms with E-state index in [0.717, 1.165) is 0 Å². The summed E-state index contributed by atoms with van der Waals surface area (Å²) in [6, 6.07) is 3.27. The van der Waals surface area contributed by atoms with Crippen LogP contribution in [-0.2, 0) is 6.54 Å². The lowest BCUT2D eigenvalue weighted by molar-refractivity contribution is 0.479. The van der Waals surface area contributed by atoms with Crippen LogP contribution in [0.1, 0.15) is 5.82 Å². The maximum Gasteiger partial charge on any atom is 0.159 e. The fraction of sp³-hybridized carbons (Fsp3) is 0.125. The quantitative estimate of drug-likeness (QED) is 0.721. The zero-order valence-corrected chi connectivity index (χ0v) is 7.49. The van der Waals surface area contributed by atoms with Gasteiger partial charge in [-0.15, -0.1) is 0 Å². The Morgan fingerprint density at radius 2 is 2.38 bits per heavy atom. The van der Waals surface area contributed by atoms with E-state index in [-0.39, 0.29) is 17.4 Å². The molecule has 2 rings (SSSR count). The first-order valence-electron chi connectivity index (χ1n) is 3.78. The minimum atomic E-state index is 0.111. The molecule has 0 atom stereocenters. The molecule has 2 aromatic heterocycles. The maximum absolute atomic E-state index is 9.47. The summed E-state index contributed by atoms with van der Waals surface area (Å²) in [6.45, 7) is 0.289. The first kappa shape index (κ1) is 8.34. The van der Waals surface area contributed by atoms with Gasteiger partial charge in [-0.25, -0.2) is 4.98 Å². The molecule has 0 saturated carbocycles. The molecule has 5 heteroatoms. The van der Waals surface area contributed by atoms with Crippen molar-refractivity contribution in [1.82, 2.24) is 9.38 Å². The number of pyridine rings is 1. The van der Waals surface area contributed by atoms with Gasteiger partial charge in [0.15, 0.2) is 5.15 Å². The highest BCUT2D eigenvalue weighted by molar-refractivity contribution is 6.33. The largest absolute Gasteiger partial charge is 0.506 e. The number of rotatable bonds is 1. The van der Waals surface area contributed by atoms with E-state index in [1.54, 1.807) is 22.7 Å². The second kappa shape index (κ2) is 2.90. The highest BCUT2D eigenvalue weighted by Gasteiger charge is 2.10. The third-order valence-corrected chi connectivity index (χ3v) is 2.12. The van der Waals surface area contributed by atoms with E-state index in [2.05, 4.69) is 4.98 Å². The van der Waals surface area contributed by atoms with Crippen molar-refractivity contribution in [2.45, 2.75) is 6.54 Å². The van der Waals surface area contributed by atoms with Crippen molar-refractivity contribution in [2.24, 2.45) is 5.73 Å². The molecule has 4 nitrogen and oxygen atoms in total. The van der Waals surface area contributed by atoms with Gasteiger partial charge >= 0.3 is 0 Å². The number of hydrogen-bond donors (Lipinski definition) is 2. The second-order valence-corrected chi connectivity index (χ2v) is 2.99. The van der Waals surface area contributed by atoms with Gasteiger partial charge in [0.1, 0.15) is 17.1 Å². The SMILES string of the molecule is NCc1nc(Cl)c2c(O)cccn12. The smallest absolute Gasteiger partial charge is 0.159 e. The minimum Gasteiger partial charge on any atom is -0.506 e. The van der Waals surface area contributed by atoms with E-state index in [0.29, 0.717) is 11.3 Å². The van der Waals surface area contributed by atoms with E-state index in [9.17, 15) is 5.11 Å². The van der Waals surface area contributed by atoms with Gasteiger partial charge in [-0.05, 0) is 12.1 Å². The van der Waals surface area contributed by atoms with Crippen LogP contribution in [-0.4, -0.2) is 14.5 Å². The Kier molecular flexibility index (Phi) is 1.86. The van der Waals surface area contributed by atoms with Gasteiger partial charge in [0.05, 0.1) is 6.54 Å². The molecule has 0 spiro atoms. The van der Waals surface area contributed by atoms with Gasteiger partial charge in [-0.3, -0.25) is 4.40 Å². The van der Waals surface area contributed by atoms with Crippen LogP contribution in [0.25, 0.3) is 5.52 Å². The molecule has 0 aliphatic carbocycles. The zero-order chi connectivity index (χ0) is 9.42. The number of fused-ring (bicyclic) bond motifs is 1. The molecular weight excluding hydrogens is 190 g/mol. The summed E-state index contributed by atoms with van der Waals surface area (Å²) in [6.07, 6.45) is 1.76. The number of nitrogens with two attached hydrogens (primary N) is 1. The summed E-state index contributed by atoms with van der Waals surface area (Å²) in [7, 11) is 0. The maximum atomic E-state index is 9.47. The first-order chi connectivity index (χ1) is 6.24. The first-order valence-corrected chi connectivity index (χ1v) is 4.16. The van der Waals surface area contributed by atoms with Crippen LogP contribution >= 0.6 is 11.6 Å². The van der Waals surface area contributed by atoms with Crippen LogP contribution in [0.15, 0.2) is 18.3 Å². The van der Waals surface area contributed by atoms with Crippen LogP contribution in [0.2, 0.25) is 5.15 Å². The summed E-state index contributed by atoms with van der Waals surface area (Å²) in [5.41, 5.74) is 5.96. The molecular formula is C8H8ClN3O. The Bertz CT molecular complexity index is 452. The number of nitrogens with zero attached hydrogens (tertiary/aromatic N) is 2. The van der Waals surface area contributed by atoms with Gasteiger partial charge in [-0.1, -0.05) is 11.6 Å². The minimum absolute atomic E-state index is 0.111. The standard InChI is InChI=1S/C8H8ClN3O/c9-8-7-5(13)2-1-3-12(7)6(4-10)11-8/h1-3,13H,4,10H2. The molecule has 0 amide bonds. The lowest BCUT2D eigenvalue weighted by Crippen LogP contribution is -2.01. The van der Waals surface area contributed by atoms with E-state index in [1.807, 2.05) is 0 Å². The predicted octanol–water partition coefficient (Wildman–Crippen LogP) is 1.15. The molecule has 0 unspecified atom stereocenters. The molecule has 2 aromatic rings. The molecule has 0 saturated heterocycles. The van der Waals surface area contributed by atoms with E-state index >= 15 is 0 Å². The van der Waals surface area contributed by atoms with Gasteiger partial charge in [0, 0.05) is 6.20 Å². The lowest BCUT2D eigenvalue weighted by atomic mass is 10.4. The van der Waals surface area contributed by atoms with Crippen LogP contribution < -0.4 is 5.73 Å². The van der Waals surface area contributed by atoms with Gasteiger partial charge < -0.3 is 10.8 Å². The van der Waals surface area contributed by atoms with Crippen molar-refractivity contribution >= 4 is 17.1 Å². The summed E-state index contributed by atoms with van der Waals surface area (Å²) >= 11 is 5.81. The summed E-state index contributed by atoms with van der Waals surface area (Å²) in [5.74, 6) is 0.746. The van der Waals surface area contributed by atoms with Crippen molar-refractivity contribution in [3.63, 3.8) is 0 Å². The van der Waals surface area contributed by atoms with E-state index in [4.69, 9.17) is 17.3 Å². The Balaban J connectivity index is 2.87. The molecule has 13 heavy (non-hydrogen) atoms. The molecule has 2 heterocycles. The molecule has 0 bridgehead atoms. The molecule has 68 valence electrons. The summed E-state index contributed by atoms with van der Waals surface area (Å²) < 4.78 is 1.68. The van der Waals surface area contributed by atoms with E-state index in [1.165, 1.54) is 0 Å². The van der Waals surface area contributed by atoms with Crippen molar-refractivity contribution in [2.75, 3.05) is 0 Å². The number of imidazole rings is 1. The highest BCUT2D eigenvalue weighted by atomic mass is 35.5. The third kappa shape index (κ3) is 1.15. The fourth-order valence-corrected chi connectivity index (χ4v) is 1.57. The van der Waals surface area contributed by atoms with Crippen molar-refractivity contribution < 1.29 is 5.11 Å².